The van der Waals surface area contributed by atoms with Gasteiger partial charge >= 0.3 is 0 Å². The largest absolute Gasteiger partial charge is 0.437 e. The lowest BCUT2D eigenvalue weighted by atomic mass is 10.2. The van der Waals surface area contributed by atoms with Crippen LogP contribution in [0.1, 0.15) is 5.56 Å². The van der Waals surface area contributed by atoms with Crippen molar-refractivity contribution >= 4 is 34.8 Å². The van der Waals surface area contributed by atoms with E-state index in [4.69, 9.17) is 16.3 Å². The van der Waals surface area contributed by atoms with E-state index < -0.39 is 0 Å². The van der Waals surface area contributed by atoms with Crippen molar-refractivity contribution < 1.29 is 9.53 Å². The van der Waals surface area contributed by atoms with Gasteiger partial charge in [-0.05, 0) is 43.0 Å². The minimum Gasteiger partial charge on any atom is -0.437 e. The number of benzene rings is 2. The number of nitrogens with one attached hydrogen (secondary N) is 2. The molecule has 1 aromatic heterocycles. The maximum atomic E-state index is 11.5. The predicted molar refractivity (Wildman–Crippen MR) is 135 cm³/mol. The second-order valence-electron chi connectivity index (χ2n) is 8.07. The summed E-state index contributed by atoms with van der Waals surface area (Å²) < 4.78 is 5.85. The number of ether oxygens (including phenoxy) is 1. The third kappa shape index (κ3) is 6.54. The van der Waals surface area contributed by atoms with Crippen molar-refractivity contribution in [3.05, 3.63) is 78.0 Å². The van der Waals surface area contributed by atoms with E-state index in [1.54, 1.807) is 24.3 Å². The fourth-order valence-electron chi connectivity index (χ4n) is 3.51. The van der Waals surface area contributed by atoms with Gasteiger partial charge in [0.1, 0.15) is 10.8 Å². The molecule has 0 bridgehead atoms. The molecular weight excluding hydrogens is 452 g/mol. The molecule has 1 saturated heterocycles. The Hall–Kier alpha value is -3.46. The molecule has 0 spiro atoms. The van der Waals surface area contributed by atoms with Gasteiger partial charge in [0.15, 0.2) is 0 Å². The summed E-state index contributed by atoms with van der Waals surface area (Å²) >= 11 is 6.25. The first-order valence-corrected chi connectivity index (χ1v) is 11.4. The Morgan fingerprint density at radius 1 is 1.15 bits per heavy atom. The molecule has 1 fully saturated rings. The summed E-state index contributed by atoms with van der Waals surface area (Å²) in [6.45, 7) is 8.76. The van der Waals surface area contributed by atoms with Crippen LogP contribution < -0.4 is 15.4 Å². The number of likely N-dealkylation sites (N-methyl/N-ethyl adjacent to an activating group) is 1. The van der Waals surface area contributed by atoms with Gasteiger partial charge in [0.05, 0.1) is 6.20 Å². The molecule has 2 N–H and O–H groups in total. The highest BCUT2D eigenvalue weighted by atomic mass is 35.5. The summed E-state index contributed by atoms with van der Waals surface area (Å²) in [5.41, 5.74) is 2.70. The number of carbonyl (C=O) groups excluding carboxylic acids is 1. The fraction of sp³-hybridized carbons (Fsp3) is 0.240. The van der Waals surface area contributed by atoms with Crippen LogP contribution in [0.2, 0.25) is 5.02 Å². The molecule has 0 radical (unpaired) electrons. The van der Waals surface area contributed by atoms with E-state index in [2.05, 4.69) is 56.2 Å². The van der Waals surface area contributed by atoms with Crippen molar-refractivity contribution in [1.29, 1.82) is 0 Å². The predicted octanol–water partition coefficient (Wildman–Crippen LogP) is 4.54. The molecule has 0 saturated carbocycles. The lowest BCUT2D eigenvalue weighted by Crippen LogP contribution is -2.43. The van der Waals surface area contributed by atoms with E-state index in [0.717, 1.165) is 38.4 Å². The molecule has 1 aliphatic heterocycles. The Kier molecular flexibility index (Phi) is 7.74. The average molecular weight is 479 g/mol. The minimum atomic E-state index is -0.307. The molecule has 1 amide bonds. The van der Waals surface area contributed by atoms with Gasteiger partial charge in [0, 0.05) is 50.2 Å². The Morgan fingerprint density at radius 3 is 2.65 bits per heavy atom. The van der Waals surface area contributed by atoms with E-state index in [9.17, 15) is 4.79 Å². The molecule has 176 valence electrons. The first kappa shape index (κ1) is 23.7. The molecule has 3 aromatic rings. The third-order valence-electron chi connectivity index (χ3n) is 5.43. The van der Waals surface area contributed by atoms with E-state index in [1.165, 1.54) is 17.8 Å². The van der Waals surface area contributed by atoms with Crippen molar-refractivity contribution in [2.45, 2.75) is 6.54 Å². The summed E-state index contributed by atoms with van der Waals surface area (Å²) in [6.07, 6.45) is 2.68. The Bertz CT molecular complexity index is 1150. The quantitative estimate of drug-likeness (QED) is 0.460. The van der Waals surface area contributed by atoms with Crippen molar-refractivity contribution in [3.63, 3.8) is 0 Å². The van der Waals surface area contributed by atoms with Gasteiger partial charge in [-0.2, -0.15) is 4.98 Å². The number of halogens is 1. The normalized spacial score (nSPS) is 14.4. The van der Waals surface area contributed by atoms with Gasteiger partial charge in [0.2, 0.25) is 17.7 Å². The van der Waals surface area contributed by atoms with Gasteiger partial charge in [-0.15, -0.1) is 0 Å². The van der Waals surface area contributed by atoms with E-state index >= 15 is 0 Å². The Labute approximate surface area is 204 Å². The van der Waals surface area contributed by atoms with Gasteiger partial charge in [-0.1, -0.05) is 36.4 Å². The highest BCUT2D eigenvalue weighted by Crippen LogP contribution is 2.29. The number of nitrogens with zero attached hydrogens (tertiary/aromatic N) is 4. The smallest absolute Gasteiger partial charge is 0.247 e. The number of aromatic nitrogens is 2. The molecule has 1 aliphatic rings. The maximum Gasteiger partial charge on any atom is 0.247 e. The first-order valence-electron chi connectivity index (χ1n) is 11.0. The second-order valence-corrected chi connectivity index (χ2v) is 8.48. The first-order chi connectivity index (χ1) is 16.5. The fourth-order valence-corrected chi connectivity index (χ4v) is 3.64. The molecular formula is C25H27ClN6O2. The number of anilines is 3. The average Bonchev–Trinajstić information content (AvgIpc) is 2.84. The summed E-state index contributed by atoms with van der Waals surface area (Å²) in [5, 5.41) is 6.15. The maximum absolute atomic E-state index is 11.5. The zero-order chi connectivity index (χ0) is 23.9. The molecule has 4 rings (SSSR count). The van der Waals surface area contributed by atoms with Crippen LogP contribution in [-0.2, 0) is 11.3 Å². The number of rotatable bonds is 8. The summed E-state index contributed by atoms with van der Waals surface area (Å²) in [5.74, 6) is 0.736. The van der Waals surface area contributed by atoms with Crippen molar-refractivity contribution in [1.82, 2.24) is 19.8 Å². The Morgan fingerprint density at radius 2 is 1.91 bits per heavy atom. The van der Waals surface area contributed by atoms with Gasteiger partial charge in [-0.3, -0.25) is 9.69 Å². The molecule has 0 unspecified atom stereocenters. The van der Waals surface area contributed by atoms with Crippen LogP contribution in [0.5, 0.6) is 11.6 Å². The van der Waals surface area contributed by atoms with E-state index in [-0.39, 0.29) is 16.8 Å². The number of amides is 1. The Balaban J connectivity index is 1.40. The van der Waals surface area contributed by atoms with E-state index in [0.29, 0.717) is 17.4 Å². The number of piperazine rings is 1. The molecule has 34 heavy (non-hydrogen) atoms. The van der Waals surface area contributed by atoms with Crippen LogP contribution in [0.15, 0.2) is 67.4 Å². The topological polar surface area (TPSA) is 82.6 Å². The zero-order valence-electron chi connectivity index (χ0n) is 19.0. The van der Waals surface area contributed by atoms with Crippen LogP contribution in [0.3, 0.4) is 0 Å². The van der Waals surface area contributed by atoms with E-state index in [1.807, 2.05) is 12.1 Å². The monoisotopic (exact) mass is 478 g/mol. The van der Waals surface area contributed by atoms with Crippen molar-refractivity contribution in [2.24, 2.45) is 0 Å². The van der Waals surface area contributed by atoms with Gasteiger partial charge < -0.3 is 20.3 Å². The van der Waals surface area contributed by atoms with Crippen LogP contribution in [0.4, 0.5) is 17.3 Å². The standard InChI is InChI=1S/C25H27ClN6O2/c1-3-23(33)28-20-5-4-6-21(15-20)34-24-22(26)16-27-25(30-24)29-19-9-7-18(8-10-19)17-32-13-11-31(2)12-14-32/h3-10,15-16H,1,11-14,17H2,2H3,(H,28,33)(H,27,29,30). The molecule has 2 aromatic carbocycles. The highest BCUT2D eigenvalue weighted by Gasteiger charge is 2.14. The third-order valence-corrected chi connectivity index (χ3v) is 5.68. The number of hydrogen-bond acceptors (Lipinski definition) is 7. The van der Waals surface area contributed by atoms with Crippen LogP contribution in [0, 0.1) is 0 Å². The van der Waals surface area contributed by atoms with Crippen LogP contribution in [-0.4, -0.2) is 58.9 Å². The summed E-state index contributed by atoms with van der Waals surface area (Å²) in [6, 6.07) is 15.2. The van der Waals surface area contributed by atoms with Gasteiger partial charge in [0.25, 0.3) is 0 Å². The molecule has 8 nitrogen and oxygen atoms in total. The molecule has 0 atom stereocenters. The zero-order valence-corrected chi connectivity index (χ0v) is 19.8. The summed E-state index contributed by atoms with van der Waals surface area (Å²) in [4.78, 5) is 25.0. The SMILES string of the molecule is C=CC(=O)Nc1cccc(Oc2nc(Nc3ccc(CN4CCN(C)CC4)cc3)ncc2Cl)c1. The molecule has 2 heterocycles. The van der Waals surface area contributed by atoms with Gasteiger partial charge in [-0.25, -0.2) is 4.98 Å². The van der Waals surface area contributed by atoms with Crippen LogP contribution in [0.25, 0.3) is 0 Å². The molecule has 0 aliphatic carbocycles. The highest BCUT2D eigenvalue weighted by molar-refractivity contribution is 6.31. The number of hydrogen-bond donors (Lipinski definition) is 2. The minimum absolute atomic E-state index is 0.207. The lowest BCUT2D eigenvalue weighted by Gasteiger charge is -2.32. The van der Waals surface area contributed by atoms with Crippen molar-refractivity contribution in [3.8, 4) is 11.6 Å². The summed E-state index contributed by atoms with van der Waals surface area (Å²) in [7, 11) is 2.16. The van der Waals surface area contributed by atoms with Crippen molar-refractivity contribution in [2.75, 3.05) is 43.9 Å². The molecule has 9 heteroatoms. The van der Waals surface area contributed by atoms with Crippen LogP contribution >= 0.6 is 11.6 Å². The lowest BCUT2D eigenvalue weighted by molar-refractivity contribution is -0.111. The second kappa shape index (κ2) is 11.1. The number of carbonyl (C=O) groups is 1.